The maximum Gasteiger partial charge on any atom is 0.416 e. The molecule has 0 saturated heterocycles. The standard InChI is InChI=1S/C20H17F3N2OS/c1-13-6-8-17(9-7-13)26-18-10-14(2)24-19(25-18)27-12-15-4-3-5-16(11-15)20(21,22)23/h3-11H,12H2,1-2H3. The Bertz CT molecular complexity index is 927. The lowest BCUT2D eigenvalue weighted by Gasteiger charge is -2.09. The lowest BCUT2D eigenvalue weighted by Crippen LogP contribution is -2.05. The van der Waals surface area contributed by atoms with E-state index in [0.29, 0.717) is 28.1 Å². The normalized spacial score (nSPS) is 11.4. The summed E-state index contributed by atoms with van der Waals surface area (Å²) in [7, 11) is 0. The molecular formula is C20H17F3N2OS. The van der Waals surface area contributed by atoms with Gasteiger partial charge in [-0.2, -0.15) is 18.2 Å². The zero-order valence-corrected chi connectivity index (χ0v) is 15.6. The highest BCUT2D eigenvalue weighted by Crippen LogP contribution is 2.31. The van der Waals surface area contributed by atoms with E-state index in [2.05, 4.69) is 9.97 Å². The zero-order valence-electron chi connectivity index (χ0n) is 14.7. The van der Waals surface area contributed by atoms with E-state index in [1.54, 1.807) is 12.1 Å². The number of alkyl halides is 3. The van der Waals surface area contributed by atoms with Crippen molar-refractivity contribution in [1.29, 1.82) is 0 Å². The van der Waals surface area contributed by atoms with Crippen LogP contribution >= 0.6 is 11.8 Å². The second kappa shape index (κ2) is 8.00. The van der Waals surface area contributed by atoms with Gasteiger partial charge in [0.2, 0.25) is 5.88 Å². The second-order valence-electron chi connectivity index (χ2n) is 6.03. The summed E-state index contributed by atoms with van der Waals surface area (Å²) in [6.07, 6.45) is -4.35. The van der Waals surface area contributed by atoms with E-state index < -0.39 is 11.7 Å². The fourth-order valence-electron chi connectivity index (χ4n) is 2.34. The molecule has 0 fully saturated rings. The molecule has 0 saturated carbocycles. The van der Waals surface area contributed by atoms with Gasteiger partial charge in [0, 0.05) is 17.5 Å². The number of benzene rings is 2. The maximum atomic E-state index is 12.8. The number of ether oxygens (including phenoxy) is 1. The van der Waals surface area contributed by atoms with Crippen molar-refractivity contribution in [3.8, 4) is 11.6 Å². The summed E-state index contributed by atoms with van der Waals surface area (Å²) in [6.45, 7) is 3.80. The quantitative estimate of drug-likeness (QED) is 0.384. The number of aromatic nitrogens is 2. The highest BCUT2D eigenvalue weighted by Gasteiger charge is 2.30. The maximum absolute atomic E-state index is 12.8. The lowest BCUT2D eigenvalue weighted by atomic mass is 10.1. The number of hydrogen-bond donors (Lipinski definition) is 0. The number of nitrogens with zero attached hydrogens (tertiary/aromatic N) is 2. The average molecular weight is 390 g/mol. The smallest absolute Gasteiger partial charge is 0.416 e. The van der Waals surface area contributed by atoms with Crippen LogP contribution in [0.3, 0.4) is 0 Å². The van der Waals surface area contributed by atoms with Gasteiger partial charge in [-0.1, -0.05) is 47.7 Å². The predicted molar refractivity (Wildman–Crippen MR) is 99.0 cm³/mol. The molecule has 0 bridgehead atoms. The van der Waals surface area contributed by atoms with Gasteiger partial charge in [-0.15, -0.1) is 0 Å². The molecule has 0 spiro atoms. The molecule has 0 aliphatic heterocycles. The van der Waals surface area contributed by atoms with Crippen LogP contribution in [0.2, 0.25) is 0 Å². The molecule has 0 unspecified atom stereocenters. The molecule has 1 heterocycles. The van der Waals surface area contributed by atoms with E-state index in [9.17, 15) is 13.2 Å². The Labute approximate surface area is 159 Å². The first-order valence-corrected chi connectivity index (χ1v) is 9.17. The highest BCUT2D eigenvalue weighted by molar-refractivity contribution is 7.98. The predicted octanol–water partition coefficient (Wildman–Crippen LogP) is 6.20. The molecule has 3 aromatic rings. The third-order valence-corrected chi connectivity index (χ3v) is 4.59. The van der Waals surface area contributed by atoms with Gasteiger partial charge in [0.1, 0.15) is 5.75 Å². The topological polar surface area (TPSA) is 35.0 Å². The van der Waals surface area contributed by atoms with E-state index in [1.165, 1.54) is 17.8 Å². The number of hydrogen-bond acceptors (Lipinski definition) is 4. The Hall–Kier alpha value is -2.54. The van der Waals surface area contributed by atoms with Crippen LogP contribution in [0.5, 0.6) is 11.6 Å². The molecule has 0 aliphatic carbocycles. The summed E-state index contributed by atoms with van der Waals surface area (Å²) in [5, 5.41) is 0.453. The average Bonchev–Trinajstić information content (AvgIpc) is 2.61. The molecular weight excluding hydrogens is 373 g/mol. The van der Waals surface area contributed by atoms with Crippen molar-refractivity contribution in [2.24, 2.45) is 0 Å². The van der Waals surface area contributed by atoms with Crippen LogP contribution in [0.4, 0.5) is 13.2 Å². The SMILES string of the molecule is Cc1ccc(Oc2cc(C)nc(SCc3cccc(C(F)(F)F)c3)n2)cc1. The molecule has 0 N–H and O–H groups in total. The van der Waals surface area contributed by atoms with Crippen molar-refractivity contribution in [3.05, 3.63) is 77.0 Å². The third kappa shape index (κ3) is 5.47. The van der Waals surface area contributed by atoms with E-state index in [-0.39, 0.29) is 0 Å². The van der Waals surface area contributed by atoms with Crippen LogP contribution in [0, 0.1) is 13.8 Å². The number of thioether (sulfide) groups is 1. The van der Waals surface area contributed by atoms with Gasteiger partial charge < -0.3 is 4.74 Å². The molecule has 3 rings (SSSR count). The van der Waals surface area contributed by atoms with Crippen LogP contribution in [0.15, 0.2) is 59.8 Å². The fourth-order valence-corrected chi connectivity index (χ4v) is 3.18. The Balaban J connectivity index is 1.72. The Morgan fingerprint density at radius 1 is 0.963 bits per heavy atom. The Kier molecular flexibility index (Phi) is 5.70. The van der Waals surface area contributed by atoms with Crippen molar-refractivity contribution >= 4 is 11.8 Å². The monoisotopic (exact) mass is 390 g/mol. The summed E-state index contributed by atoms with van der Waals surface area (Å²) >= 11 is 1.26. The summed E-state index contributed by atoms with van der Waals surface area (Å²) in [4.78, 5) is 8.67. The van der Waals surface area contributed by atoms with Crippen LogP contribution in [-0.4, -0.2) is 9.97 Å². The minimum absolute atomic E-state index is 0.331. The molecule has 0 atom stereocenters. The van der Waals surface area contributed by atoms with Crippen molar-refractivity contribution in [2.45, 2.75) is 30.9 Å². The summed E-state index contributed by atoms with van der Waals surface area (Å²) in [5.41, 5.74) is 1.74. The van der Waals surface area contributed by atoms with Gasteiger partial charge in [0.15, 0.2) is 5.16 Å². The van der Waals surface area contributed by atoms with Gasteiger partial charge in [-0.3, -0.25) is 0 Å². The van der Waals surface area contributed by atoms with Crippen LogP contribution < -0.4 is 4.74 Å². The highest BCUT2D eigenvalue weighted by atomic mass is 32.2. The summed E-state index contributed by atoms with van der Waals surface area (Å²) in [5.74, 6) is 1.39. The van der Waals surface area contributed by atoms with Crippen LogP contribution in [0.1, 0.15) is 22.4 Å². The molecule has 7 heteroatoms. The fraction of sp³-hybridized carbons (Fsp3) is 0.200. The van der Waals surface area contributed by atoms with Crippen molar-refractivity contribution in [1.82, 2.24) is 9.97 Å². The zero-order chi connectivity index (χ0) is 19.4. The number of halogens is 3. The van der Waals surface area contributed by atoms with Gasteiger partial charge in [-0.05, 0) is 37.6 Å². The van der Waals surface area contributed by atoms with E-state index in [0.717, 1.165) is 23.4 Å². The van der Waals surface area contributed by atoms with Gasteiger partial charge >= 0.3 is 6.18 Å². The molecule has 0 aliphatic rings. The molecule has 0 amide bonds. The molecule has 2 aromatic carbocycles. The number of rotatable bonds is 5. The molecule has 0 radical (unpaired) electrons. The molecule has 140 valence electrons. The second-order valence-corrected chi connectivity index (χ2v) is 6.97. The van der Waals surface area contributed by atoms with E-state index in [4.69, 9.17) is 4.74 Å². The van der Waals surface area contributed by atoms with E-state index >= 15 is 0 Å². The van der Waals surface area contributed by atoms with Crippen molar-refractivity contribution in [2.75, 3.05) is 0 Å². The lowest BCUT2D eigenvalue weighted by molar-refractivity contribution is -0.137. The Morgan fingerprint density at radius 2 is 1.70 bits per heavy atom. The minimum Gasteiger partial charge on any atom is -0.439 e. The van der Waals surface area contributed by atoms with Gasteiger partial charge in [-0.25, -0.2) is 4.98 Å². The van der Waals surface area contributed by atoms with Gasteiger partial charge in [0.05, 0.1) is 5.56 Å². The first-order valence-electron chi connectivity index (χ1n) is 8.19. The summed E-state index contributed by atoms with van der Waals surface area (Å²) in [6, 6.07) is 14.6. The van der Waals surface area contributed by atoms with Crippen molar-refractivity contribution in [3.63, 3.8) is 0 Å². The first-order chi connectivity index (χ1) is 12.8. The van der Waals surface area contributed by atoms with Gasteiger partial charge in [0.25, 0.3) is 0 Å². The molecule has 27 heavy (non-hydrogen) atoms. The first kappa shape index (κ1) is 19.2. The van der Waals surface area contributed by atoms with Crippen LogP contribution in [0.25, 0.3) is 0 Å². The molecule has 3 nitrogen and oxygen atoms in total. The minimum atomic E-state index is -4.35. The summed E-state index contributed by atoms with van der Waals surface area (Å²) < 4.78 is 44.2. The molecule has 1 aromatic heterocycles. The van der Waals surface area contributed by atoms with E-state index in [1.807, 2.05) is 38.1 Å². The number of aryl methyl sites for hydroxylation is 2. The van der Waals surface area contributed by atoms with Crippen molar-refractivity contribution < 1.29 is 17.9 Å². The Morgan fingerprint density at radius 3 is 2.41 bits per heavy atom. The largest absolute Gasteiger partial charge is 0.439 e. The third-order valence-electron chi connectivity index (χ3n) is 3.68. The van der Waals surface area contributed by atoms with Crippen LogP contribution in [-0.2, 0) is 11.9 Å².